The molecule has 4 rings (SSSR count). The molecule has 0 spiro atoms. The molecule has 0 saturated carbocycles. The summed E-state index contributed by atoms with van der Waals surface area (Å²) in [5, 5.41) is 24.9. The number of fused-ring (bicyclic) bond motifs is 2. The number of nitriles is 2. The molecule has 0 aliphatic heterocycles. The molecule has 2 atom stereocenters. The second kappa shape index (κ2) is 9.32. The van der Waals surface area contributed by atoms with Gasteiger partial charge in [-0.05, 0) is 85.0 Å². The van der Waals surface area contributed by atoms with Gasteiger partial charge in [0.2, 0.25) is 0 Å². The van der Waals surface area contributed by atoms with Crippen LogP contribution in [0.15, 0.2) is 84.9 Å². The number of benzene rings is 4. The highest BCUT2D eigenvalue weighted by Gasteiger charge is 2.36. The standard InChI is InChI=1S/C32H32N2/c1-31(2,21-33)19-29(27-17-9-13-23-11-5-7-15-25(23)27)30(20-32(3,4)22-34)28-18-10-14-24-12-6-8-16-26(24)28/h5-18,29-30H,19-20H2,1-4H3/t29-,30+. The van der Waals surface area contributed by atoms with Crippen molar-refractivity contribution in [2.24, 2.45) is 10.8 Å². The van der Waals surface area contributed by atoms with Crippen LogP contribution in [-0.4, -0.2) is 0 Å². The minimum atomic E-state index is -0.499. The first-order valence-electron chi connectivity index (χ1n) is 12.0. The Morgan fingerprint density at radius 3 is 1.29 bits per heavy atom. The number of hydrogen-bond donors (Lipinski definition) is 0. The van der Waals surface area contributed by atoms with Crippen LogP contribution >= 0.6 is 0 Å². The molecule has 0 heterocycles. The Kier molecular flexibility index (Phi) is 6.45. The Morgan fingerprint density at radius 2 is 0.912 bits per heavy atom. The Morgan fingerprint density at radius 1 is 0.559 bits per heavy atom. The van der Waals surface area contributed by atoms with Crippen LogP contribution in [0.2, 0.25) is 0 Å². The molecule has 0 aliphatic carbocycles. The number of rotatable bonds is 7. The summed E-state index contributed by atoms with van der Waals surface area (Å²) < 4.78 is 0. The largest absolute Gasteiger partial charge is 0.198 e. The van der Waals surface area contributed by atoms with Crippen LogP contribution in [0.1, 0.15) is 63.5 Å². The predicted molar refractivity (Wildman–Crippen MR) is 141 cm³/mol. The second-order valence-electron chi connectivity index (χ2n) is 10.7. The summed E-state index contributed by atoms with van der Waals surface area (Å²) in [7, 11) is 0. The van der Waals surface area contributed by atoms with Crippen molar-refractivity contribution in [1.29, 1.82) is 10.5 Å². The highest BCUT2D eigenvalue weighted by atomic mass is 14.4. The lowest BCUT2D eigenvalue weighted by Gasteiger charge is -2.36. The summed E-state index contributed by atoms with van der Waals surface area (Å²) in [5.74, 6) is 0.165. The van der Waals surface area contributed by atoms with Crippen molar-refractivity contribution >= 4 is 21.5 Å². The predicted octanol–water partition coefficient (Wildman–Crippen LogP) is 8.74. The molecule has 0 unspecified atom stereocenters. The van der Waals surface area contributed by atoms with Crippen LogP contribution in [0.5, 0.6) is 0 Å². The molecule has 0 aliphatic rings. The molecule has 34 heavy (non-hydrogen) atoms. The monoisotopic (exact) mass is 444 g/mol. The minimum Gasteiger partial charge on any atom is -0.198 e. The van der Waals surface area contributed by atoms with Gasteiger partial charge in [-0.3, -0.25) is 0 Å². The molecule has 2 nitrogen and oxygen atoms in total. The molecular formula is C32H32N2. The number of hydrogen-bond acceptors (Lipinski definition) is 2. The van der Waals surface area contributed by atoms with Gasteiger partial charge in [0.15, 0.2) is 0 Å². The van der Waals surface area contributed by atoms with E-state index in [1.165, 1.54) is 32.7 Å². The van der Waals surface area contributed by atoms with Crippen LogP contribution in [0, 0.1) is 33.5 Å². The van der Waals surface area contributed by atoms with Crippen LogP contribution in [0.3, 0.4) is 0 Å². The van der Waals surface area contributed by atoms with E-state index in [0.717, 1.165) is 0 Å². The van der Waals surface area contributed by atoms with E-state index in [1.807, 2.05) is 27.7 Å². The summed E-state index contributed by atoms with van der Waals surface area (Å²) >= 11 is 0. The molecule has 170 valence electrons. The van der Waals surface area contributed by atoms with Crippen molar-refractivity contribution in [3.63, 3.8) is 0 Å². The summed E-state index contributed by atoms with van der Waals surface area (Å²) in [6.45, 7) is 8.11. The van der Waals surface area contributed by atoms with Gasteiger partial charge in [-0.25, -0.2) is 0 Å². The van der Waals surface area contributed by atoms with Crippen molar-refractivity contribution in [3.05, 3.63) is 96.1 Å². The van der Waals surface area contributed by atoms with Crippen molar-refractivity contribution in [2.75, 3.05) is 0 Å². The van der Waals surface area contributed by atoms with Gasteiger partial charge in [0, 0.05) is 0 Å². The molecule has 0 aromatic heterocycles. The van der Waals surface area contributed by atoms with Crippen LogP contribution in [0.25, 0.3) is 21.5 Å². The molecule has 0 radical (unpaired) electrons. The second-order valence-corrected chi connectivity index (χ2v) is 10.7. The van der Waals surface area contributed by atoms with E-state index >= 15 is 0 Å². The quantitative estimate of drug-likeness (QED) is 0.286. The van der Waals surface area contributed by atoms with Gasteiger partial charge in [-0.15, -0.1) is 0 Å². The van der Waals surface area contributed by atoms with Gasteiger partial charge in [0.1, 0.15) is 0 Å². The topological polar surface area (TPSA) is 47.6 Å². The third kappa shape index (κ3) is 4.83. The molecule has 4 aromatic rings. The first kappa shape index (κ1) is 23.5. The zero-order chi connectivity index (χ0) is 24.3. The van der Waals surface area contributed by atoms with Crippen molar-refractivity contribution < 1.29 is 0 Å². The normalized spacial score (nSPS) is 13.8. The van der Waals surface area contributed by atoms with Gasteiger partial charge in [-0.1, -0.05) is 84.9 Å². The summed E-state index contributed by atoms with van der Waals surface area (Å²) in [6, 6.07) is 35.1. The molecular weight excluding hydrogens is 412 g/mol. The molecule has 0 saturated heterocycles. The fourth-order valence-corrected chi connectivity index (χ4v) is 5.28. The van der Waals surface area contributed by atoms with Gasteiger partial charge in [0.25, 0.3) is 0 Å². The highest BCUT2D eigenvalue weighted by molar-refractivity contribution is 5.88. The fraction of sp³-hybridized carbons (Fsp3) is 0.312. The lowest BCUT2D eigenvalue weighted by atomic mass is 9.66. The first-order chi connectivity index (χ1) is 16.2. The van der Waals surface area contributed by atoms with E-state index in [1.54, 1.807) is 0 Å². The fourth-order valence-electron chi connectivity index (χ4n) is 5.28. The maximum Gasteiger partial charge on any atom is 0.0684 e. The van der Waals surface area contributed by atoms with E-state index in [-0.39, 0.29) is 11.8 Å². The highest BCUT2D eigenvalue weighted by Crippen LogP contribution is 2.49. The van der Waals surface area contributed by atoms with Gasteiger partial charge >= 0.3 is 0 Å². The zero-order valence-electron chi connectivity index (χ0n) is 20.5. The maximum atomic E-state index is 10.0. The van der Waals surface area contributed by atoms with E-state index in [4.69, 9.17) is 0 Å². The van der Waals surface area contributed by atoms with E-state index in [9.17, 15) is 10.5 Å². The molecule has 4 aromatic carbocycles. The molecule has 0 amide bonds. The minimum absolute atomic E-state index is 0.0826. The summed E-state index contributed by atoms with van der Waals surface area (Å²) in [4.78, 5) is 0. The lowest BCUT2D eigenvalue weighted by Crippen LogP contribution is -2.24. The summed E-state index contributed by atoms with van der Waals surface area (Å²) in [5.41, 5.74) is 1.52. The Hall–Kier alpha value is -3.62. The Bertz CT molecular complexity index is 1280. The Labute approximate surface area is 203 Å². The van der Waals surface area contributed by atoms with Gasteiger partial charge in [-0.2, -0.15) is 10.5 Å². The third-order valence-electron chi connectivity index (χ3n) is 7.00. The van der Waals surface area contributed by atoms with Crippen molar-refractivity contribution in [1.82, 2.24) is 0 Å². The molecule has 0 N–H and O–H groups in total. The number of nitrogens with zero attached hydrogens (tertiary/aromatic N) is 2. The van der Waals surface area contributed by atoms with E-state index < -0.39 is 10.8 Å². The average molecular weight is 445 g/mol. The third-order valence-corrected chi connectivity index (χ3v) is 7.00. The zero-order valence-corrected chi connectivity index (χ0v) is 20.5. The van der Waals surface area contributed by atoms with Crippen molar-refractivity contribution in [2.45, 2.75) is 52.4 Å². The Balaban J connectivity index is 2.00. The van der Waals surface area contributed by atoms with Crippen LogP contribution in [-0.2, 0) is 0 Å². The van der Waals surface area contributed by atoms with Crippen molar-refractivity contribution in [3.8, 4) is 12.1 Å². The van der Waals surface area contributed by atoms with Gasteiger partial charge in [0.05, 0.1) is 23.0 Å². The maximum absolute atomic E-state index is 10.0. The molecule has 0 bridgehead atoms. The van der Waals surface area contributed by atoms with E-state index in [0.29, 0.717) is 12.8 Å². The van der Waals surface area contributed by atoms with Crippen LogP contribution < -0.4 is 0 Å². The van der Waals surface area contributed by atoms with Gasteiger partial charge < -0.3 is 0 Å². The average Bonchev–Trinajstić information content (AvgIpc) is 2.85. The van der Waals surface area contributed by atoms with Crippen LogP contribution in [0.4, 0.5) is 0 Å². The van der Waals surface area contributed by atoms with E-state index in [2.05, 4.69) is 97.1 Å². The lowest BCUT2D eigenvalue weighted by molar-refractivity contribution is 0.311. The molecule has 2 heteroatoms. The smallest absolute Gasteiger partial charge is 0.0684 e. The SMILES string of the molecule is CC(C)(C#N)C[C@H](c1cccc2ccccc12)[C@@H](CC(C)(C)C#N)c1cccc2ccccc12. The summed E-state index contributed by atoms with van der Waals surface area (Å²) in [6.07, 6.45) is 1.43. The molecule has 0 fully saturated rings. The first-order valence-corrected chi connectivity index (χ1v) is 12.0.